The van der Waals surface area contributed by atoms with Crippen LogP contribution in [0.15, 0.2) is 48.5 Å². The molecule has 170 valence electrons. The molecule has 0 fully saturated rings. The molecule has 0 saturated carbocycles. The SMILES string of the molecule is CCC(=S)Nc1ccc(C(C)(C)C)cc1.CCCC(=S)Nc1ccc(C(C)(C)C)cc1. The fourth-order valence-electron chi connectivity index (χ4n) is 2.81. The van der Waals surface area contributed by atoms with E-state index < -0.39 is 0 Å². The fourth-order valence-corrected chi connectivity index (χ4v) is 3.25. The van der Waals surface area contributed by atoms with Gasteiger partial charge in [-0.25, -0.2) is 0 Å². The van der Waals surface area contributed by atoms with Crippen molar-refractivity contribution in [2.24, 2.45) is 0 Å². The van der Waals surface area contributed by atoms with E-state index in [1.165, 1.54) is 11.1 Å². The van der Waals surface area contributed by atoms with Crippen molar-refractivity contribution in [3.8, 4) is 0 Å². The predicted molar refractivity (Wildman–Crippen MR) is 148 cm³/mol. The van der Waals surface area contributed by atoms with Crippen LogP contribution in [0.3, 0.4) is 0 Å². The van der Waals surface area contributed by atoms with Crippen molar-refractivity contribution >= 4 is 45.8 Å². The van der Waals surface area contributed by atoms with Gasteiger partial charge in [0.05, 0.1) is 9.98 Å². The zero-order valence-corrected chi connectivity index (χ0v) is 22.2. The van der Waals surface area contributed by atoms with E-state index in [0.29, 0.717) is 0 Å². The van der Waals surface area contributed by atoms with Crippen LogP contribution in [0.25, 0.3) is 0 Å². The van der Waals surface area contributed by atoms with Crippen molar-refractivity contribution < 1.29 is 0 Å². The molecule has 0 aliphatic heterocycles. The van der Waals surface area contributed by atoms with Gasteiger partial charge in [0.2, 0.25) is 0 Å². The minimum atomic E-state index is 0.211. The van der Waals surface area contributed by atoms with Gasteiger partial charge < -0.3 is 10.6 Å². The summed E-state index contributed by atoms with van der Waals surface area (Å²) in [5, 5.41) is 6.45. The summed E-state index contributed by atoms with van der Waals surface area (Å²) < 4.78 is 0. The summed E-state index contributed by atoms with van der Waals surface area (Å²) in [6, 6.07) is 17.0. The monoisotopic (exact) mass is 456 g/mol. The summed E-state index contributed by atoms with van der Waals surface area (Å²) in [4.78, 5) is 1.81. The average molecular weight is 457 g/mol. The second kappa shape index (κ2) is 12.3. The minimum Gasteiger partial charge on any atom is -0.350 e. The van der Waals surface area contributed by atoms with Crippen molar-refractivity contribution in [3.05, 3.63) is 59.7 Å². The van der Waals surface area contributed by atoms with E-state index in [1.807, 2.05) is 0 Å². The molecule has 0 amide bonds. The van der Waals surface area contributed by atoms with Crippen molar-refractivity contribution in [3.63, 3.8) is 0 Å². The lowest BCUT2D eigenvalue weighted by Gasteiger charge is -2.19. The lowest BCUT2D eigenvalue weighted by atomic mass is 9.87. The third-order valence-corrected chi connectivity index (χ3v) is 5.56. The topological polar surface area (TPSA) is 24.1 Å². The Balaban J connectivity index is 0.000000311. The number of thiocarbonyl (C=S) groups is 2. The van der Waals surface area contributed by atoms with Crippen LogP contribution in [-0.2, 0) is 10.8 Å². The molecule has 0 bridgehead atoms. The molecule has 4 heteroatoms. The van der Waals surface area contributed by atoms with Crippen LogP contribution in [0.5, 0.6) is 0 Å². The maximum Gasteiger partial charge on any atom is 0.0797 e. The molecule has 0 heterocycles. The molecule has 0 aliphatic carbocycles. The lowest BCUT2D eigenvalue weighted by Crippen LogP contribution is -2.12. The third kappa shape index (κ3) is 10.4. The summed E-state index contributed by atoms with van der Waals surface area (Å²) in [7, 11) is 0. The number of nitrogens with one attached hydrogen (secondary N) is 2. The van der Waals surface area contributed by atoms with E-state index in [4.69, 9.17) is 24.4 Å². The van der Waals surface area contributed by atoms with Crippen molar-refractivity contribution in [1.29, 1.82) is 0 Å². The predicted octanol–water partition coefficient (Wildman–Crippen LogP) is 8.66. The molecular weight excluding hydrogens is 416 g/mol. The Morgan fingerprint density at radius 3 is 1.29 bits per heavy atom. The quantitative estimate of drug-likeness (QED) is 0.439. The van der Waals surface area contributed by atoms with Gasteiger partial charge in [0.25, 0.3) is 0 Å². The van der Waals surface area contributed by atoms with Crippen LogP contribution >= 0.6 is 24.4 Å². The number of benzene rings is 2. The van der Waals surface area contributed by atoms with E-state index in [9.17, 15) is 0 Å². The fraction of sp³-hybridized carbons (Fsp3) is 0.481. The molecule has 0 spiro atoms. The number of rotatable bonds is 5. The highest BCUT2D eigenvalue weighted by molar-refractivity contribution is 7.80. The largest absolute Gasteiger partial charge is 0.350 e. The molecule has 2 aromatic rings. The van der Waals surface area contributed by atoms with E-state index in [1.54, 1.807) is 0 Å². The first-order chi connectivity index (χ1) is 14.4. The van der Waals surface area contributed by atoms with Gasteiger partial charge in [-0.3, -0.25) is 0 Å². The Labute approximate surface area is 201 Å². The van der Waals surface area contributed by atoms with Gasteiger partial charge in [-0.15, -0.1) is 0 Å². The van der Waals surface area contributed by atoms with Gasteiger partial charge in [-0.1, -0.05) is 104 Å². The van der Waals surface area contributed by atoms with E-state index in [0.717, 1.165) is 40.6 Å². The van der Waals surface area contributed by atoms with Crippen LogP contribution < -0.4 is 10.6 Å². The maximum absolute atomic E-state index is 5.23. The van der Waals surface area contributed by atoms with Gasteiger partial charge in [0.1, 0.15) is 0 Å². The van der Waals surface area contributed by atoms with E-state index in [-0.39, 0.29) is 10.8 Å². The molecule has 0 aliphatic rings. The Morgan fingerprint density at radius 1 is 0.645 bits per heavy atom. The molecule has 0 unspecified atom stereocenters. The molecule has 0 aromatic heterocycles. The molecule has 0 radical (unpaired) electrons. The summed E-state index contributed by atoms with van der Waals surface area (Å²) in [5.41, 5.74) is 5.28. The van der Waals surface area contributed by atoms with Crippen molar-refractivity contribution in [2.45, 2.75) is 85.5 Å². The van der Waals surface area contributed by atoms with Crippen molar-refractivity contribution in [2.75, 3.05) is 10.6 Å². The Morgan fingerprint density at radius 2 is 1.00 bits per heavy atom. The average Bonchev–Trinajstić information content (AvgIpc) is 2.68. The Bertz CT molecular complexity index is 824. The Hall–Kier alpha value is -1.78. The molecule has 2 nitrogen and oxygen atoms in total. The number of hydrogen-bond acceptors (Lipinski definition) is 2. The van der Waals surface area contributed by atoms with Gasteiger partial charge >= 0.3 is 0 Å². The van der Waals surface area contributed by atoms with Crippen LogP contribution in [0.1, 0.15) is 85.8 Å². The highest BCUT2D eigenvalue weighted by Crippen LogP contribution is 2.24. The van der Waals surface area contributed by atoms with Gasteiger partial charge in [0, 0.05) is 11.4 Å². The Kier molecular flexibility index (Phi) is 10.8. The summed E-state index contributed by atoms with van der Waals surface area (Å²) in [6.45, 7) is 17.5. The van der Waals surface area contributed by atoms with Crippen LogP contribution in [0, 0.1) is 0 Å². The molecule has 31 heavy (non-hydrogen) atoms. The first kappa shape index (κ1) is 27.3. The maximum atomic E-state index is 5.23. The second-order valence-electron chi connectivity index (χ2n) is 9.85. The van der Waals surface area contributed by atoms with E-state index >= 15 is 0 Å². The smallest absolute Gasteiger partial charge is 0.0797 e. The first-order valence-corrected chi connectivity index (χ1v) is 12.0. The molecule has 0 saturated heterocycles. The summed E-state index contributed by atoms with van der Waals surface area (Å²) in [5.74, 6) is 0. The lowest BCUT2D eigenvalue weighted by molar-refractivity contribution is 0.590. The highest BCUT2D eigenvalue weighted by atomic mass is 32.1. The molecular formula is C27H40N2S2. The zero-order valence-electron chi connectivity index (χ0n) is 20.6. The van der Waals surface area contributed by atoms with E-state index in [2.05, 4.69) is 115 Å². The minimum absolute atomic E-state index is 0.211. The molecule has 2 aromatic carbocycles. The third-order valence-electron chi connectivity index (χ3n) is 4.87. The summed E-state index contributed by atoms with van der Waals surface area (Å²) >= 11 is 10.4. The first-order valence-electron chi connectivity index (χ1n) is 11.2. The van der Waals surface area contributed by atoms with Gasteiger partial charge in [-0.2, -0.15) is 0 Å². The highest BCUT2D eigenvalue weighted by Gasteiger charge is 2.13. The molecule has 0 atom stereocenters. The zero-order chi connectivity index (χ0) is 23.7. The number of anilines is 2. The molecule has 2 rings (SSSR count). The van der Waals surface area contributed by atoms with Crippen LogP contribution in [-0.4, -0.2) is 9.98 Å². The van der Waals surface area contributed by atoms with Crippen LogP contribution in [0.2, 0.25) is 0 Å². The van der Waals surface area contributed by atoms with Gasteiger partial charge in [-0.05, 0) is 65.5 Å². The normalized spacial score (nSPS) is 11.2. The standard InChI is InChI=1S/C14H21NS.C13H19NS/c1-5-6-13(16)15-12-9-7-11(8-10-12)14(2,3)4;1-5-12(15)14-11-8-6-10(7-9-11)13(2,3)4/h7-10H,5-6H2,1-4H3,(H,15,16);6-9H,5H2,1-4H3,(H,14,15). The van der Waals surface area contributed by atoms with Crippen LogP contribution in [0.4, 0.5) is 11.4 Å². The van der Waals surface area contributed by atoms with Crippen molar-refractivity contribution in [1.82, 2.24) is 0 Å². The second-order valence-corrected chi connectivity index (χ2v) is 10.8. The number of hydrogen-bond donors (Lipinski definition) is 2. The summed E-state index contributed by atoms with van der Waals surface area (Å²) in [6.07, 6.45) is 2.93. The molecule has 2 N–H and O–H groups in total. The van der Waals surface area contributed by atoms with Gasteiger partial charge in [0.15, 0.2) is 0 Å².